The SMILES string of the molecule is CCCC(N)CCCCc1ccccc1. The van der Waals surface area contributed by atoms with Crippen LogP contribution < -0.4 is 5.73 Å². The van der Waals surface area contributed by atoms with E-state index in [0.29, 0.717) is 6.04 Å². The van der Waals surface area contributed by atoms with Crippen LogP contribution in [-0.4, -0.2) is 6.04 Å². The maximum absolute atomic E-state index is 5.96. The third-order valence-electron chi connectivity index (χ3n) is 2.79. The van der Waals surface area contributed by atoms with Crippen LogP contribution in [0.1, 0.15) is 44.6 Å². The van der Waals surface area contributed by atoms with Crippen LogP contribution in [0, 0.1) is 0 Å². The van der Waals surface area contributed by atoms with E-state index < -0.39 is 0 Å². The number of hydrogen-bond donors (Lipinski definition) is 1. The van der Waals surface area contributed by atoms with Gasteiger partial charge in [0.05, 0.1) is 0 Å². The number of aryl methyl sites for hydroxylation is 1. The zero-order valence-corrected chi connectivity index (χ0v) is 9.78. The van der Waals surface area contributed by atoms with Gasteiger partial charge in [-0.15, -0.1) is 0 Å². The van der Waals surface area contributed by atoms with Gasteiger partial charge in [0.15, 0.2) is 0 Å². The second-order valence-corrected chi connectivity index (χ2v) is 4.28. The minimum absolute atomic E-state index is 0.422. The summed E-state index contributed by atoms with van der Waals surface area (Å²) in [7, 11) is 0. The highest BCUT2D eigenvalue weighted by molar-refractivity contribution is 5.14. The Balaban J connectivity index is 2.07. The fourth-order valence-electron chi connectivity index (χ4n) is 1.90. The molecular weight excluding hydrogens is 182 g/mol. The monoisotopic (exact) mass is 205 g/mol. The molecule has 15 heavy (non-hydrogen) atoms. The second-order valence-electron chi connectivity index (χ2n) is 4.28. The van der Waals surface area contributed by atoms with E-state index in [1.54, 1.807) is 0 Å². The van der Waals surface area contributed by atoms with Crippen LogP contribution in [-0.2, 0) is 6.42 Å². The van der Waals surface area contributed by atoms with Crippen molar-refractivity contribution in [2.24, 2.45) is 5.73 Å². The minimum atomic E-state index is 0.422. The quantitative estimate of drug-likeness (QED) is 0.677. The largest absolute Gasteiger partial charge is 0.328 e. The molecule has 1 nitrogen and oxygen atoms in total. The van der Waals surface area contributed by atoms with Crippen LogP contribution in [0.2, 0.25) is 0 Å². The topological polar surface area (TPSA) is 26.0 Å². The highest BCUT2D eigenvalue weighted by atomic mass is 14.6. The first-order valence-electron chi connectivity index (χ1n) is 6.12. The number of rotatable bonds is 7. The van der Waals surface area contributed by atoms with Crippen LogP contribution in [0.3, 0.4) is 0 Å². The summed E-state index contributed by atoms with van der Waals surface area (Å²) < 4.78 is 0. The van der Waals surface area contributed by atoms with E-state index in [-0.39, 0.29) is 0 Å². The summed E-state index contributed by atoms with van der Waals surface area (Å²) in [5, 5.41) is 0. The van der Waals surface area contributed by atoms with Gasteiger partial charge in [-0.2, -0.15) is 0 Å². The van der Waals surface area contributed by atoms with Crippen LogP contribution in [0.4, 0.5) is 0 Å². The lowest BCUT2D eigenvalue weighted by molar-refractivity contribution is 0.527. The highest BCUT2D eigenvalue weighted by Gasteiger charge is 2.00. The third kappa shape index (κ3) is 5.58. The van der Waals surface area contributed by atoms with Gasteiger partial charge in [0.2, 0.25) is 0 Å². The fraction of sp³-hybridized carbons (Fsp3) is 0.571. The van der Waals surface area contributed by atoms with Gasteiger partial charge in [0.1, 0.15) is 0 Å². The summed E-state index contributed by atoms with van der Waals surface area (Å²) in [6, 6.07) is 11.1. The Morgan fingerprint density at radius 2 is 1.80 bits per heavy atom. The first kappa shape index (κ1) is 12.3. The van der Waals surface area contributed by atoms with Crippen LogP contribution in [0.5, 0.6) is 0 Å². The summed E-state index contributed by atoms with van der Waals surface area (Å²) >= 11 is 0. The molecule has 0 radical (unpaired) electrons. The van der Waals surface area contributed by atoms with Crippen LogP contribution in [0.25, 0.3) is 0 Å². The zero-order valence-electron chi connectivity index (χ0n) is 9.78. The molecule has 84 valence electrons. The first-order chi connectivity index (χ1) is 7.33. The van der Waals surface area contributed by atoms with Crippen molar-refractivity contribution in [1.29, 1.82) is 0 Å². The molecule has 0 aliphatic heterocycles. The van der Waals surface area contributed by atoms with Crippen molar-refractivity contribution >= 4 is 0 Å². The molecule has 0 saturated carbocycles. The van der Waals surface area contributed by atoms with Crippen molar-refractivity contribution in [1.82, 2.24) is 0 Å². The van der Waals surface area contributed by atoms with Gasteiger partial charge in [-0.05, 0) is 31.2 Å². The van der Waals surface area contributed by atoms with E-state index in [2.05, 4.69) is 37.3 Å². The third-order valence-corrected chi connectivity index (χ3v) is 2.79. The summed E-state index contributed by atoms with van der Waals surface area (Å²) in [6.07, 6.45) is 7.28. The summed E-state index contributed by atoms with van der Waals surface area (Å²) in [5.41, 5.74) is 7.41. The molecule has 0 aromatic heterocycles. The van der Waals surface area contributed by atoms with Gasteiger partial charge >= 0.3 is 0 Å². The maximum atomic E-state index is 5.96. The predicted molar refractivity (Wildman–Crippen MR) is 66.9 cm³/mol. The van der Waals surface area contributed by atoms with E-state index >= 15 is 0 Å². The van der Waals surface area contributed by atoms with Gasteiger partial charge in [0.25, 0.3) is 0 Å². The highest BCUT2D eigenvalue weighted by Crippen LogP contribution is 2.09. The molecule has 0 heterocycles. The molecule has 0 aliphatic carbocycles. The number of benzene rings is 1. The van der Waals surface area contributed by atoms with Crippen LogP contribution >= 0.6 is 0 Å². The number of unbranched alkanes of at least 4 members (excludes halogenated alkanes) is 1. The molecule has 0 spiro atoms. The Morgan fingerprint density at radius 1 is 1.07 bits per heavy atom. The standard InChI is InChI=1S/C14H23N/c1-2-8-14(15)12-7-6-11-13-9-4-3-5-10-13/h3-5,9-10,14H,2,6-8,11-12,15H2,1H3. The van der Waals surface area contributed by atoms with Crippen LogP contribution in [0.15, 0.2) is 30.3 Å². The molecule has 2 N–H and O–H groups in total. The van der Waals surface area contributed by atoms with E-state index in [4.69, 9.17) is 5.73 Å². The van der Waals surface area contributed by atoms with Crippen molar-refractivity contribution in [3.05, 3.63) is 35.9 Å². The Morgan fingerprint density at radius 3 is 2.47 bits per heavy atom. The van der Waals surface area contributed by atoms with Gasteiger partial charge in [-0.3, -0.25) is 0 Å². The molecule has 0 bridgehead atoms. The van der Waals surface area contributed by atoms with Gasteiger partial charge < -0.3 is 5.73 Å². The molecule has 0 saturated heterocycles. The Labute approximate surface area is 93.7 Å². The number of nitrogens with two attached hydrogens (primary N) is 1. The molecule has 1 aromatic carbocycles. The lowest BCUT2D eigenvalue weighted by Gasteiger charge is -2.09. The summed E-state index contributed by atoms with van der Waals surface area (Å²) in [5.74, 6) is 0. The van der Waals surface area contributed by atoms with E-state index in [1.165, 1.54) is 44.1 Å². The number of hydrogen-bond acceptors (Lipinski definition) is 1. The van der Waals surface area contributed by atoms with Crippen molar-refractivity contribution in [2.45, 2.75) is 51.5 Å². The molecule has 1 unspecified atom stereocenters. The van der Waals surface area contributed by atoms with Gasteiger partial charge in [-0.1, -0.05) is 50.1 Å². The lowest BCUT2D eigenvalue weighted by atomic mass is 10.0. The Kier molecular flexibility index (Phi) is 6.10. The average Bonchev–Trinajstić information content (AvgIpc) is 2.26. The fourth-order valence-corrected chi connectivity index (χ4v) is 1.90. The Hall–Kier alpha value is -0.820. The minimum Gasteiger partial charge on any atom is -0.328 e. The van der Waals surface area contributed by atoms with E-state index in [0.717, 1.165) is 0 Å². The van der Waals surface area contributed by atoms with Crippen molar-refractivity contribution in [3.63, 3.8) is 0 Å². The molecule has 0 fully saturated rings. The molecular formula is C14H23N. The molecule has 1 heteroatoms. The molecule has 0 aliphatic rings. The first-order valence-corrected chi connectivity index (χ1v) is 6.12. The molecule has 1 aromatic rings. The van der Waals surface area contributed by atoms with Gasteiger partial charge in [0, 0.05) is 6.04 Å². The lowest BCUT2D eigenvalue weighted by Crippen LogP contribution is -2.19. The second kappa shape index (κ2) is 7.47. The maximum Gasteiger partial charge on any atom is 0.00387 e. The average molecular weight is 205 g/mol. The van der Waals surface area contributed by atoms with E-state index in [1.807, 2.05) is 0 Å². The molecule has 1 rings (SSSR count). The van der Waals surface area contributed by atoms with Crippen molar-refractivity contribution in [2.75, 3.05) is 0 Å². The normalized spacial score (nSPS) is 12.7. The van der Waals surface area contributed by atoms with Crippen molar-refractivity contribution < 1.29 is 0 Å². The molecule has 0 amide bonds. The summed E-state index contributed by atoms with van der Waals surface area (Å²) in [4.78, 5) is 0. The predicted octanol–water partition coefficient (Wildman–Crippen LogP) is 3.53. The zero-order chi connectivity index (χ0) is 10.9. The smallest absolute Gasteiger partial charge is 0.00387 e. The summed E-state index contributed by atoms with van der Waals surface area (Å²) in [6.45, 7) is 2.20. The molecule has 1 atom stereocenters. The van der Waals surface area contributed by atoms with Crippen molar-refractivity contribution in [3.8, 4) is 0 Å². The van der Waals surface area contributed by atoms with Gasteiger partial charge in [-0.25, -0.2) is 0 Å². The Bertz CT molecular complexity index is 243. The van der Waals surface area contributed by atoms with E-state index in [9.17, 15) is 0 Å².